The lowest BCUT2D eigenvalue weighted by atomic mass is 10.2. The Morgan fingerprint density at radius 2 is 2.10 bits per heavy atom. The molecule has 0 saturated carbocycles. The summed E-state index contributed by atoms with van der Waals surface area (Å²) >= 11 is 0. The number of hydrogen-bond acceptors (Lipinski definition) is 4. The van der Waals surface area contributed by atoms with E-state index < -0.39 is 10.0 Å². The van der Waals surface area contributed by atoms with Gasteiger partial charge in [-0.25, -0.2) is 13.1 Å². The van der Waals surface area contributed by atoms with Crippen LogP contribution in [0.25, 0.3) is 0 Å². The number of aromatic nitrogens is 2. The molecule has 3 N–H and O–H groups in total. The zero-order chi connectivity index (χ0) is 14.8. The third-order valence-electron chi connectivity index (χ3n) is 3.16. The van der Waals surface area contributed by atoms with Crippen molar-refractivity contribution >= 4 is 15.7 Å². The summed E-state index contributed by atoms with van der Waals surface area (Å²) in [7, 11) is -1.70. The highest BCUT2D eigenvalue weighted by Gasteiger charge is 2.14. The van der Waals surface area contributed by atoms with E-state index in [1.54, 1.807) is 23.0 Å². The molecule has 2 rings (SSSR count). The Morgan fingerprint density at radius 3 is 2.70 bits per heavy atom. The van der Waals surface area contributed by atoms with Gasteiger partial charge in [-0.05, 0) is 30.7 Å². The quantitative estimate of drug-likeness (QED) is 0.799. The number of anilines is 1. The van der Waals surface area contributed by atoms with Gasteiger partial charge in [0.05, 0.1) is 4.90 Å². The third kappa shape index (κ3) is 3.17. The van der Waals surface area contributed by atoms with Gasteiger partial charge in [0.15, 0.2) is 0 Å². The minimum absolute atomic E-state index is 0.186. The molecule has 0 fully saturated rings. The third-order valence-corrected chi connectivity index (χ3v) is 4.62. The first-order valence-electron chi connectivity index (χ1n) is 6.23. The van der Waals surface area contributed by atoms with Crippen molar-refractivity contribution in [2.75, 3.05) is 12.3 Å². The molecule has 2 aromatic rings. The standard InChI is InChI=1S/C13H18N4O2S/c1-10-3-4-12(9-13(10)14)20(18,19)16-8-6-11-5-7-15-17(11)2/h3-5,7,9,16H,6,8,14H2,1-2H3. The largest absolute Gasteiger partial charge is 0.398 e. The van der Waals surface area contributed by atoms with Crippen molar-refractivity contribution in [1.82, 2.24) is 14.5 Å². The fourth-order valence-electron chi connectivity index (χ4n) is 1.83. The van der Waals surface area contributed by atoms with Crippen molar-refractivity contribution in [3.8, 4) is 0 Å². The highest BCUT2D eigenvalue weighted by atomic mass is 32.2. The molecule has 0 aliphatic heterocycles. The minimum atomic E-state index is -3.53. The zero-order valence-electron chi connectivity index (χ0n) is 11.5. The number of hydrogen-bond donors (Lipinski definition) is 2. The Kier molecular flexibility index (Phi) is 4.10. The number of nitrogens with one attached hydrogen (secondary N) is 1. The van der Waals surface area contributed by atoms with Crippen LogP contribution in [0, 0.1) is 6.92 Å². The van der Waals surface area contributed by atoms with E-state index in [1.807, 2.05) is 20.0 Å². The van der Waals surface area contributed by atoms with E-state index in [9.17, 15) is 8.42 Å². The average molecular weight is 294 g/mol. The first-order valence-corrected chi connectivity index (χ1v) is 7.71. The van der Waals surface area contributed by atoms with Gasteiger partial charge in [-0.15, -0.1) is 0 Å². The lowest BCUT2D eigenvalue weighted by Gasteiger charge is -2.08. The predicted molar refractivity (Wildman–Crippen MR) is 77.7 cm³/mol. The highest BCUT2D eigenvalue weighted by Crippen LogP contribution is 2.16. The van der Waals surface area contributed by atoms with Crippen molar-refractivity contribution in [3.63, 3.8) is 0 Å². The molecule has 1 aromatic carbocycles. The van der Waals surface area contributed by atoms with Crippen molar-refractivity contribution in [1.29, 1.82) is 0 Å². The molecule has 6 nitrogen and oxygen atoms in total. The molecular formula is C13H18N4O2S. The first kappa shape index (κ1) is 14.5. The zero-order valence-corrected chi connectivity index (χ0v) is 12.3. The molecule has 0 bridgehead atoms. The molecule has 0 spiro atoms. The number of sulfonamides is 1. The second-order valence-corrected chi connectivity index (χ2v) is 6.38. The van der Waals surface area contributed by atoms with Crippen LogP contribution in [-0.4, -0.2) is 24.7 Å². The second kappa shape index (κ2) is 5.64. The lowest BCUT2D eigenvalue weighted by molar-refractivity contribution is 0.579. The highest BCUT2D eigenvalue weighted by molar-refractivity contribution is 7.89. The molecule has 0 unspecified atom stereocenters. The normalized spacial score (nSPS) is 11.7. The summed E-state index contributed by atoms with van der Waals surface area (Å²) in [6, 6.07) is 6.59. The van der Waals surface area contributed by atoms with Crippen LogP contribution < -0.4 is 10.5 Å². The molecule has 0 aliphatic carbocycles. The van der Waals surface area contributed by atoms with Gasteiger partial charge in [-0.2, -0.15) is 5.10 Å². The number of nitrogens with zero attached hydrogens (tertiary/aromatic N) is 2. The van der Waals surface area contributed by atoms with Crippen LogP contribution in [0.1, 0.15) is 11.3 Å². The van der Waals surface area contributed by atoms with Crippen LogP contribution in [0.4, 0.5) is 5.69 Å². The molecule has 0 saturated heterocycles. The Morgan fingerprint density at radius 1 is 1.35 bits per heavy atom. The molecule has 1 aromatic heterocycles. The van der Waals surface area contributed by atoms with E-state index in [0.717, 1.165) is 11.3 Å². The lowest BCUT2D eigenvalue weighted by Crippen LogP contribution is -2.26. The maximum Gasteiger partial charge on any atom is 0.240 e. The Labute approximate surface area is 118 Å². The van der Waals surface area contributed by atoms with E-state index in [1.165, 1.54) is 6.07 Å². The van der Waals surface area contributed by atoms with Crippen molar-refractivity contribution in [2.45, 2.75) is 18.2 Å². The summed E-state index contributed by atoms with van der Waals surface area (Å²) in [5, 5.41) is 4.03. The predicted octanol–water partition coefficient (Wildman–Crippen LogP) is 0.832. The van der Waals surface area contributed by atoms with Gasteiger partial charge in [0, 0.05) is 37.6 Å². The average Bonchev–Trinajstić information content (AvgIpc) is 2.78. The number of aryl methyl sites for hydroxylation is 2. The minimum Gasteiger partial charge on any atom is -0.398 e. The number of benzene rings is 1. The smallest absolute Gasteiger partial charge is 0.240 e. The van der Waals surface area contributed by atoms with Gasteiger partial charge >= 0.3 is 0 Å². The summed E-state index contributed by atoms with van der Waals surface area (Å²) in [6.45, 7) is 2.15. The van der Waals surface area contributed by atoms with Gasteiger partial charge in [-0.3, -0.25) is 4.68 Å². The summed E-state index contributed by atoms with van der Waals surface area (Å²) < 4.78 is 28.5. The van der Waals surface area contributed by atoms with Crippen molar-refractivity contribution < 1.29 is 8.42 Å². The second-order valence-electron chi connectivity index (χ2n) is 4.61. The summed E-state index contributed by atoms with van der Waals surface area (Å²) in [6.07, 6.45) is 2.27. The van der Waals surface area contributed by atoms with E-state index in [4.69, 9.17) is 5.73 Å². The molecule has 20 heavy (non-hydrogen) atoms. The summed E-state index contributed by atoms with van der Waals surface area (Å²) in [5.74, 6) is 0. The van der Waals surface area contributed by atoms with Gasteiger partial charge < -0.3 is 5.73 Å². The number of nitrogen functional groups attached to an aromatic ring is 1. The molecule has 1 heterocycles. The Hall–Kier alpha value is -1.86. The number of nitrogens with two attached hydrogens (primary N) is 1. The van der Waals surface area contributed by atoms with Crippen molar-refractivity contribution in [2.24, 2.45) is 7.05 Å². The summed E-state index contributed by atoms with van der Waals surface area (Å²) in [5.41, 5.74) is 8.04. The van der Waals surface area contributed by atoms with E-state index in [0.29, 0.717) is 18.7 Å². The first-order chi connectivity index (χ1) is 9.40. The Balaban J connectivity index is 2.04. The van der Waals surface area contributed by atoms with Gasteiger partial charge in [-0.1, -0.05) is 6.07 Å². The van der Waals surface area contributed by atoms with Crippen LogP contribution in [0.15, 0.2) is 35.4 Å². The van der Waals surface area contributed by atoms with Gasteiger partial charge in [0.2, 0.25) is 10.0 Å². The molecule has 0 atom stereocenters. The fourth-order valence-corrected chi connectivity index (χ4v) is 2.90. The molecule has 0 amide bonds. The van der Waals surface area contributed by atoms with Crippen LogP contribution in [0.5, 0.6) is 0 Å². The van der Waals surface area contributed by atoms with E-state index in [-0.39, 0.29) is 4.90 Å². The van der Waals surface area contributed by atoms with Crippen LogP contribution in [0.2, 0.25) is 0 Å². The summed E-state index contributed by atoms with van der Waals surface area (Å²) in [4.78, 5) is 0.186. The SMILES string of the molecule is Cc1ccc(S(=O)(=O)NCCc2ccnn2C)cc1N. The molecule has 7 heteroatoms. The maximum atomic E-state index is 12.1. The topological polar surface area (TPSA) is 90.0 Å². The molecular weight excluding hydrogens is 276 g/mol. The van der Waals surface area contributed by atoms with Crippen molar-refractivity contribution in [3.05, 3.63) is 41.7 Å². The molecule has 0 aliphatic rings. The maximum absolute atomic E-state index is 12.1. The molecule has 0 radical (unpaired) electrons. The number of rotatable bonds is 5. The van der Waals surface area contributed by atoms with Crippen LogP contribution in [-0.2, 0) is 23.5 Å². The van der Waals surface area contributed by atoms with Crippen LogP contribution in [0.3, 0.4) is 0 Å². The van der Waals surface area contributed by atoms with Crippen LogP contribution >= 0.6 is 0 Å². The van der Waals surface area contributed by atoms with E-state index in [2.05, 4.69) is 9.82 Å². The molecule has 108 valence electrons. The van der Waals surface area contributed by atoms with Gasteiger partial charge in [0.25, 0.3) is 0 Å². The van der Waals surface area contributed by atoms with E-state index >= 15 is 0 Å². The van der Waals surface area contributed by atoms with Gasteiger partial charge in [0.1, 0.15) is 0 Å². The fraction of sp³-hybridized carbons (Fsp3) is 0.308. The Bertz CT molecular complexity index is 707. The monoisotopic (exact) mass is 294 g/mol.